The summed E-state index contributed by atoms with van der Waals surface area (Å²) in [7, 11) is 0. The van der Waals surface area contributed by atoms with Crippen LogP contribution in [0.3, 0.4) is 0 Å². The molecule has 1 saturated heterocycles. The van der Waals surface area contributed by atoms with Crippen LogP contribution in [-0.2, 0) is 0 Å². The van der Waals surface area contributed by atoms with Gasteiger partial charge in [0.05, 0.1) is 12.1 Å². The van der Waals surface area contributed by atoms with E-state index in [-0.39, 0.29) is 5.54 Å². The van der Waals surface area contributed by atoms with Crippen molar-refractivity contribution in [2.45, 2.75) is 44.6 Å². The predicted molar refractivity (Wildman–Crippen MR) is 66.5 cm³/mol. The monoisotopic (exact) mass is 226 g/mol. The quantitative estimate of drug-likeness (QED) is 0.715. The fourth-order valence-electron chi connectivity index (χ4n) is 3.07. The van der Waals surface area contributed by atoms with E-state index in [1.165, 1.54) is 45.2 Å². The smallest absolute Gasteiger partial charge is 0.0628 e. The molecule has 1 unspecified atom stereocenters. The van der Waals surface area contributed by atoms with Gasteiger partial charge in [0.1, 0.15) is 0 Å². The lowest BCUT2D eigenvalue weighted by Gasteiger charge is -2.39. The third-order valence-electron chi connectivity index (χ3n) is 4.12. The van der Waals surface area contributed by atoms with Crippen molar-refractivity contribution in [3.8, 4) is 0 Å². The van der Waals surface area contributed by atoms with E-state index in [1.807, 2.05) is 0 Å². The third kappa shape index (κ3) is 2.76. The summed E-state index contributed by atoms with van der Waals surface area (Å²) in [6.07, 6.45) is 6.63. The molecule has 3 nitrogen and oxygen atoms in total. The van der Waals surface area contributed by atoms with Gasteiger partial charge in [-0.25, -0.2) is 0 Å². The van der Waals surface area contributed by atoms with Crippen LogP contribution in [-0.4, -0.2) is 48.3 Å². The summed E-state index contributed by atoms with van der Waals surface area (Å²) in [5.41, 5.74) is -0.00785. The highest BCUT2D eigenvalue weighted by Gasteiger charge is 2.45. The van der Waals surface area contributed by atoms with E-state index in [9.17, 15) is 5.11 Å². The Balaban J connectivity index is 1.94. The molecule has 94 valence electrons. The van der Waals surface area contributed by atoms with Gasteiger partial charge in [-0.1, -0.05) is 13.3 Å². The Labute approximate surface area is 99.2 Å². The molecule has 2 N–H and O–H groups in total. The highest BCUT2D eigenvalue weighted by Crippen LogP contribution is 2.40. The number of aliphatic hydroxyl groups excluding tert-OH is 1. The van der Waals surface area contributed by atoms with Crippen molar-refractivity contribution in [1.29, 1.82) is 0 Å². The van der Waals surface area contributed by atoms with Crippen LogP contribution in [0.2, 0.25) is 0 Å². The first-order valence-electron chi connectivity index (χ1n) is 6.89. The fraction of sp³-hybridized carbons (Fsp3) is 1.00. The minimum atomic E-state index is -0.00785. The number of piperidine rings is 1. The normalized spacial score (nSPS) is 26.6. The van der Waals surface area contributed by atoms with E-state index >= 15 is 0 Å². The minimum absolute atomic E-state index is 0.00785. The van der Waals surface area contributed by atoms with Crippen molar-refractivity contribution in [3.63, 3.8) is 0 Å². The SMILES string of the molecule is CCNC(CO)(CN1CCCCC1)C1CC1. The van der Waals surface area contributed by atoms with Crippen LogP contribution in [0.15, 0.2) is 0 Å². The van der Waals surface area contributed by atoms with E-state index in [2.05, 4.69) is 17.1 Å². The van der Waals surface area contributed by atoms with Gasteiger partial charge >= 0.3 is 0 Å². The summed E-state index contributed by atoms with van der Waals surface area (Å²) in [4.78, 5) is 2.54. The molecule has 3 heteroatoms. The summed E-state index contributed by atoms with van der Waals surface area (Å²) in [6, 6.07) is 0. The second-order valence-electron chi connectivity index (χ2n) is 5.46. The Bertz CT molecular complexity index is 212. The second-order valence-corrected chi connectivity index (χ2v) is 5.46. The molecule has 1 aliphatic heterocycles. The van der Waals surface area contributed by atoms with Gasteiger partial charge in [-0.15, -0.1) is 0 Å². The molecule has 0 amide bonds. The number of nitrogens with one attached hydrogen (secondary N) is 1. The van der Waals surface area contributed by atoms with E-state index in [1.54, 1.807) is 0 Å². The molecule has 0 aromatic heterocycles. The molecule has 0 spiro atoms. The molecule has 1 saturated carbocycles. The van der Waals surface area contributed by atoms with Crippen LogP contribution >= 0.6 is 0 Å². The molecule has 16 heavy (non-hydrogen) atoms. The van der Waals surface area contributed by atoms with Crippen LogP contribution in [0.4, 0.5) is 0 Å². The highest BCUT2D eigenvalue weighted by atomic mass is 16.3. The molecule has 1 heterocycles. The van der Waals surface area contributed by atoms with Crippen molar-refractivity contribution in [2.24, 2.45) is 5.92 Å². The van der Waals surface area contributed by atoms with Gasteiger partial charge in [-0.2, -0.15) is 0 Å². The molecule has 2 rings (SSSR count). The number of hydrogen-bond acceptors (Lipinski definition) is 3. The molecular weight excluding hydrogens is 200 g/mol. The van der Waals surface area contributed by atoms with Crippen LogP contribution in [0.5, 0.6) is 0 Å². The van der Waals surface area contributed by atoms with E-state index in [0.29, 0.717) is 12.5 Å². The molecule has 0 aromatic rings. The second kappa shape index (κ2) is 5.48. The topological polar surface area (TPSA) is 35.5 Å². The predicted octanol–water partition coefficient (Wildman–Crippen LogP) is 1.22. The van der Waals surface area contributed by atoms with Crippen LogP contribution < -0.4 is 5.32 Å². The lowest BCUT2D eigenvalue weighted by Crippen LogP contribution is -2.58. The molecule has 0 bridgehead atoms. The Morgan fingerprint density at radius 1 is 1.25 bits per heavy atom. The van der Waals surface area contributed by atoms with Gasteiger partial charge in [-0.3, -0.25) is 0 Å². The van der Waals surface area contributed by atoms with E-state index in [4.69, 9.17) is 0 Å². The first-order chi connectivity index (χ1) is 7.80. The van der Waals surface area contributed by atoms with Crippen LogP contribution in [0, 0.1) is 5.92 Å². The van der Waals surface area contributed by atoms with E-state index < -0.39 is 0 Å². The molecular formula is C13H26N2O. The van der Waals surface area contributed by atoms with Gasteiger partial charge in [0.15, 0.2) is 0 Å². The van der Waals surface area contributed by atoms with Crippen molar-refractivity contribution in [2.75, 3.05) is 32.8 Å². The lowest BCUT2D eigenvalue weighted by molar-refractivity contribution is 0.0829. The molecule has 0 aromatic carbocycles. The number of likely N-dealkylation sites (N-methyl/N-ethyl adjacent to an activating group) is 1. The Hall–Kier alpha value is -0.120. The molecule has 1 aliphatic carbocycles. The molecule has 0 radical (unpaired) electrons. The number of aliphatic hydroxyl groups is 1. The standard InChI is InChI=1S/C13H26N2O/c1-2-14-13(11-16,12-6-7-12)10-15-8-4-3-5-9-15/h12,14,16H,2-11H2,1H3. The number of nitrogens with zero attached hydrogens (tertiary/aromatic N) is 1. The lowest BCUT2D eigenvalue weighted by atomic mass is 9.92. The summed E-state index contributed by atoms with van der Waals surface area (Å²) in [5, 5.41) is 13.3. The summed E-state index contributed by atoms with van der Waals surface area (Å²) < 4.78 is 0. The maximum absolute atomic E-state index is 9.76. The Morgan fingerprint density at radius 3 is 2.44 bits per heavy atom. The first kappa shape index (κ1) is 12.3. The minimum Gasteiger partial charge on any atom is -0.394 e. The van der Waals surface area contributed by atoms with Crippen molar-refractivity contribution in [3.05, 3.63) is 0 Å². The zero-order valence-electron chi connectivity index (χ0n) is 10.5. The van der Waals surface area contributed by atoms with Crippen molar-refractivity contribution >= 4 is 0 Å². The third-order valence-corrected chi connectivity index (χ3v) is 4.12. The number of hydrogen-bond donors (Lipinski definition) is 2. The summed E-state index contributed by atoms with van der Waals surface area (Å²) >= 11 is 0. The highest BCUT2D eigenvalue weighted by molar-refractivity contribution is 5.02. The van der Waals surface area contributed by atoms with Crippen LogP contribution in [0.25, 0.3) is 0 Å². The zero-order valence-corrected chi connectivity index (χ0v) is 10.5. The first-order valence-corrected chi connectivity index (χ1v) is 6.89. The largest absolute Gasteiger partial charge is 0.394 e. The average Bonchev–Trinajstić information content (AvgIpc) is 3.14. The molecule has 1 atom stereocenters. The Morgan fingerprint density at radius 2 is 1.94 bits per heavy atom. The number of likely N-dealkylation sites (tertiary alicyclic amines) is 1. The average molecular weight is 226 g/mol. The maximum Gasteiger partial charge on any atom is 0.0628 e. The van der Waals surface area contributed by atoms with Gasteiger partial charge in [-0.05, 0) is 51.2 Å². The molecule has 2 aliphatic rings. The Kier molecular flexibility index (Phi) is 4.22. The van der Waals surface area contributed by atoms with E-state index in [0.717, 1.165) is 13.1 Å². The van der Waals surface area contributed by atoms with Gasteiger partial charge < -0.3 is 15.3 Å². The zero-order chi connectivity index (χ0) is 11.4. The maximum atomic E-state index is 9.76. The van der Waals surface area contributed by atoms with Crippen molar-refractivity contribution in [1.82, 2.24) is 10.2 Å². The van der Waals surface area contributed by atoms with Crippen LogP contribution in [0.1, 0.15) is 39.0 Å². The summed E-state index contributed by atoms with van der Waals surface area (Å²) in [5.74, 6) is 0.708. The molecule has 2 fully saturated rings. The van der Waals surface area contributed by atoms with Gasteiger partial charge in [0.2, 0.25) is 0 Å². The summed E-state index contributed by atoms with van der Waals surface area (Å²) in [6.45, 7) is 6.89. The van der Waals surface area contributed by atoms with Crippen molar-refractivity contribution < 1.29 is 5.11 Å². The number of rotatable bonds is 6. The van der Waals surface area contributed by atoms with Gasteiger partial charge in [0, 0.05) is 6.54 Å². The van der Waals surface area contributed by atoms with Gasteiger partial charge in [0.25, 0.3) is 0 Å². The fourth-order valence-corrected chi connectivity index (χ4v) is 3.07.